The third-order valence-corrected chi connectivity index (χ3v) is 6.02. The van der Waals surface area contributed by atoms with Crippen molar-refractivity contribution in [3.05, 3.63) is 0 Å². The van der Waals surface area contributed by atoms with Gasteiger partial charge >= 0.3 is 0 Å². The third kappa shape index (κ3) is 8.57. The first-order valence-corrected chi connectivity index (χ1v) is 10.8. The second kappa shape index (κ2) is 9.91. The third-order valence-electron chi connectivity index (χ3n) is 3.16. The summed E-state index contributed by atoms with van der Waals surface area (Å²) in [6.07, 6.45) is 2.10. The van der Waals surface area contributed by atoms with Gasteiger partial charge in [-0.2, -0.15) is 8.61 Å². The minimum atomic E-state index is -3.33. The number of hydrogen-bond acceptors (Lipinski definition) is 6. The summed E-state index contributed by atoms with van der Waals surface area (Å²) in [5.74, 6) is -1.27. The Morgan fingerprint density at radius 2 is 1.00 bits per heavy atom. The predicted molar refractivity (Wildman–Crippen MR) is 91.8 cm³/mol. The fourth-order valence-electron chi connectivity index (χ4n) is 1.88. The van der Waals surface area contributed by atoms with Gasteiger partial charge in [-0.05, 0) is 13.8 Å². The van der Waals surface area contributed by atoms with Gasteiger partial charge in [-0.3, -0.25) is 9.59 Å². The first-order valence-electron chi connectivity index (χ1n) is 7.13. The van der Waals surface area contributed by atoms with Crippen LogP contribution in [0.5, 0.6) is 0 Å². The maximum atomic E-state index is 11.0. The fourth-order valence-corrected chi connectivity index (χ4v) is 4.17. The lowest BCUT2D eigenvalue weighted by Gasteiger charge is -2.22. The summed E-state index contributed by atoms with van der Waals surface area (Å²) >= 11 is 0. The van der Waals surface area contributed by atoms with Crippen LogP contribution in [-0.2, 0) is 29.6 Å². The van der Waals surface area contributed by atoms with Gasteiger partial charge in [-0.1, -0.05) is 13.8 Å². The van der Waals surface area contributed by atoms with Gasteiger partial charge in [-0.15, -0.1) is 0 Å². The SMILES string of the molecule is CCN(C(C)C(N)=O)S(C)(=O)=O.CCN(C(C)C(N)=O)S(C)(=O)=O. The van der Waals surface area contributed by atoms with Crippen LogP contribution in [0.3, 0.4) is 0 Å². The van der Waals surface area contributed by atoms with Crippen molar-refractivity contribution in [1.29, 1.82) is 0 Å². The Bertz CT molecular complexity index is 576. The molecule has 0 bridgehead atoms. The first kappa shape index (κ1) is 25.0. The molecule has 0 spiro atoms. The minimum Gasteiger partial charge on any atom is -0.368 e. The number of primary amides is 2. The van der Waals surface area contributed by atoms with Gasteiger partial charge < -0.3 is 11.5 Å². The molecule has 0 aromatic rings. The van der Waals surface area contributed by atoms with Crippen LogP contribution in [0.2, 0.25) is 0 Å². The van der Waals surface area contributed by atoms with E-state index in [-0.39, 0.29) is 13.1 Å². The summed E-state index contributed by atoms with van der Waals surface area (Å²) in [7, 11) is -6.65. The largest absolute Gasteiger partial charge is 0.368 e. The lowest BCUT2D eigenvalue weighted by atomic mass is 10.3. The standard InChI is InChI=1S/2C6H14N2O3S/c2*1-4-8(12(3,10)11)5(2)6(7)9/h2*5H,4H2,1-3H3,(H2,7,9). The van der Waals surface area contributed by atoms with Gasteiger partial charge in [0.25, 0.3) is 0 Å². The van der Waals surface area contributed by atoms with Crippen molar-refractivity contribution < 1.29 is 26.4 Å². The van der Waals surface area contributed by atoms with Crippen molar-refractivity contribution >= 4 is 31.9 Å². The second-order valence-electron chi connectivity index (χ2n) is 5.09. The molecule has 0 rings (SSSR count). The van der Waals surface area contributed by atoms with Crippen LogP contribution in [0, 0.1) is 0 Å². The Morgan fingerprint density at radius 1 is 0.792 bits per heavy atom. The zero-order valence-electron chi connectivity index (χ0n) is 14.9. The summed E-state index contributed by atoms with van der Waals surface area (Å²) in [6, 6.07) is -1.55. The van der Waals surface area contributed by atoms with Crippen LogP contribution in [0.4, 0.5) is 0 Å². The number of hydrogen-bond donors (Lipinski definition) is 2. The smallest absolute Gasteiger partial charge is 0.235 e. The molecule has 2 atom stereocenters. The normalized spacial score (nSPS) is 14.7. The van der Waals surface area contributed by atoms with Gasteiger partial charge in [0.05, 0.1) is 12.5 Å². The highest BCUT2D eigenvalue weighted by Crippen LogP contribution is 2.04. The zero-order chi connectivity index (χ0) is 19.9. The highest BCUT2D eigenvalue weighted by atomic mass is 32.2. The molecule has 0 aliphatic heterocycles. The molecule has 0 aliphatic carbocycles. The van der Waals surface area contributed by atoms with Gasteiger partial charge in [0.15, 0.2) is 0 Å². The summed E-state index contributed by atoms with van der Waals surface area (Å²) in [4.78, 5) is 21.3. The molecule has 0 heterocycles. The minimum absolute atomic E-state index is 0.253. The molecule has 2 amide bonds. The van der Waals surface area contributed by atoms with Crippen molar-refractivity contribution in [3.63, 3.8) is 0 Å². The molecule has 4 N–H and O–H groups in total. The van der Waals surface area contributed by atoms with E-state index in [1.807, 2.05) is 0 Å². The van der Waals surface area contributed by atoms with Crippen LogP contribution in [0.1, 0.15) is 27.7 Å². The Balaban J connectivity index is 0. The molecule has 24 heavy (non-hydrogen) atoms. The fraction of sp³-hybridized carbons (Fsp3) is 0.833. The van der Waals surface area contributed by atoms with Gasteiger partial charge in [-0.25, -0.2) is 16.8 Å². The molecule has 0 radical (unpaired) electrons. The lowest BCUT2D eigenvalue weighted by Crippen LogP contribution is -2.45. The molecule has 0 saturated heterocycles. The van der Waals surface area contributed by atoms with Gasteiger partial charge in [0, 0.05) is 13.1 Å². The monoisotopic (exact) mass is 388 g/mol. The molecule has 0 aromatic carbocycles. The van der Waals surface area contributed by atoms with Crippen molar-refractivity contribution in [3.8, 4) is 0 Å². The average Bonchev–Trinajstić information content (AvgIpc) is 2.37. The molecule has 2 unspecified atom stereocenters. The van der Waals surface area contributed by atoms with Gasteiger partial charge in [0.1, 0.15) is 12.1 Å². The highest BCUT2D eigenvalue weighted by molar-refractivity contribution is 7.88. The predicted octanol–water partition coefficient (Wildman–Crippen LogP) is -1.72. The molecule has 144 valence electrons. The van der Waals surface area contributed by atoms with Crippen LogP contribution >= 0.6 is 0 Å². The number of carbonyl (C=O) groups excluding carboxylic acids is 2. The lowest BCUT2D eigenvalue weighted by molar-refractivity contribution is -0.121. The maximum absolute atomic E-state index is 11.0. The molecular formula is C12H28N4O6S2. The van der Waals surface area contributed by atoms with E-state index in [1.165, 1.54) is 13.8 Å². The summed E-state index contributed by atoms with van der Waals surface area (Å²) < 4.78 is 46.2. The van der Waals surface area contributed by atoms with E-state index in [0.29, 0.717) is 0 Å². The molecule has 0 aliphatic rings. The molecule has 12 heteroatoms. The van der Waals surface area contributed by atoms with Gasteiger partial charge in [0.2, 0.25) is 31.9 Å². The number of nitrogens with zero attached hydrogens (tertiary/aromatic N) is 2. The van der Waals surface area contributed by atoms with Crippen molar-refractivity contribution in [2.24, 2.45) is 11.5 Å². The Kier molecular flexibility index (Phi) is 10.3. The van der Waals surface area contributed by atoms with Crippen LogP contribution in [-0.4, -0.2) is 74.9 Å². The number of sulfonamides is 2. The molecule has 0 saturated carbocycles. The van der Waals surface area contributed by atoms with E-state index in [0.717, 1.165) is 21.1 Å². The number of carbonyl (C=O) groups is 2. The quantitative estimate of drug-likeness (QED) is 0.503. The molecular weight excluding hydrogens is 360 g/mol. The summed E-state index contributed by atoms with van der Waals surface area (Å²) in [6.45, 7) is 6.74. The van der Waals surface area contributed by atoms with E-state index in [9.17, 15) is 26.4 Å². The van der Waals surface area contributed by atoms with Crippen LogP contribution in [0.25, 0.3) is 0 Å². The number of nitrogens with two attached hydrogens (primary N) is 2. The Hall–Kier alpha value is -1.24. The van der Waals surface area contributed by atoms with Crippen LogP contribution in [0.15, 0.2) is 0 Å². The number of amides is 2. The zero-order valence-corrected chi connectivity index (χ0v) is 16.5. The topological polar surface area (TPSA) is 161 Å². The number of rotatable bonds is 8. The number of likely N-dealkylation sites (N-methyl/N-ethyl adjacent to an activating group) is 2. The van der Waals surface area contributed by atoms with Crippen molar-refractivity contribution in [2.75, 3.05) is 25.6 Å². The Morgan fingerprint density at radius 3 is 1.04 bits per heavy atom. The van der Waals surface area contributed by atoms with E-state index in [1.54, 1.807) is 13.8 Å². The van der Waals surface area contributed by atoms with E-state index in [4.69, 9.17) is 11.5 Å². The van der Waals surface area contributed by atoms with E-state index < -0.39 is 43.9 Å². The molecule has 0 fully saturated rings. The second-order valence-corrected chi connectivity index (χ2v) is 8.96. The Labute approximate surface area is 144 Å². The van der Waals surface area contributed by atoms with E-state index >= 15 is 0 Å². The summed E-state index contributed by atoms with van der Waals surface area (Å²) in [5, 5.41) is 0. The van der Waals surface area contributed by atoms with Crippen LogP contribution < -0.4 is 11.5 Å². The average molecular weight is 389 g/mol. The van der Waals surface area contributed by atoms with Crippen molar-refractivity contribution in [2.45, 2.75) is 39.8 Å². The first-order chi connectivity index (χ1) is 10.6. The molecule has 0 aromatic heterocycles. The van der Waals surface area contributed by atoms with E-state index in [2.05, 4.69) is 0 Å². The van der Waals surface area contributed by atoms with Crippen molar-refractivity contribution in [1.82, 2.24) is 8.61 Å². The maximum Gasteiger partial charge on any atom is 0.235 e. The molecule has 10 nitrogen and oxygen atoms in total. The summed E-state index contributed by atoms with van der Waals surface area (Å²) in [5.41, 5.74) is 9.93. The highest BCUT2D eigenvalue weighted by Gasteiger charge is 2.25.